The molecule has 0 saturated heterocycles. The summed E-state index contributed by atoms with van der Waals surface area (Å²) >= 11 is 0. The fourth-order valence-electron chi connectivity index (χ4n) is 2.52. The molecule has 0 fully saturated rings. The molecule has 0 spiro atoms. The highest BCUT2D eigenvalue weighted by Gasteiger charge is 2.43. The number of furan rings is 1. The first-order valence-electron chi connectivity index (χ1n) is 7.06. The van der Waals surface area contributed by atoms with Crippen LogP contribution in [-0.4, -0.2) is 5.11 Å². The number of aliphatic hydroxyl groups excluding tert-OH is 1. The number of benzene rings is 2. The van der Waals surface area contributed by atoms with Crippen molar-refractivity contribution in [1.29, 1.82) is 0 Å². The minimum Gasteiger partial charge on any atom is -0.466 e. The number of aliphatic hydroxyl groups is 1. The van der Waals surface area contributed by atoms with Crippen LogP contribution in [0, 0.1) is 0 Å². The molecule has 0 aliphatic carbocycles. The van der Waals surface area contributed by atoms with Gasteiger partial charge in [-0.1, -0.05) is 36.4 Å². The molecular weight excluding hydrogens is 315 g/mol. The van der Waals surface area contributed by atoms with Crippen molar-refractivity contribution in [2.24, 2.45) is 0 Å². The molecule has 4 rings (SSSR count). The third-order valence-electron chi connectivity index (χ3n) is 3.61. The molecule has 1 N–H and O–H groups in total. The van der Waals surface area contributed by atoms with Gasteiger partial charge in [0.2, 0.25) is 5.85 Å². The molecule has 5 nitrogen and oxygen atoms in total. The van der Waals surface area contributed by atoms with Crippen LogP contribution in [0.2, 0.25) is 0 Å². The van der Waals surface area contributed by atoms with Gasteiger partial charge in [-0.05, 0) is 24.3 Å². The van der Waals surface area contributed by atoms with Crippen LogP contribution in [0.25, 0.3) is 11.1 Å². The standard InChI is InChI=1S/C17H13O5P/c18-17(16-10-5-11-20-16)23(19)21-14-8-3-1-6-12(14)13-7-2-4-9-15(13)22-23/h1-11,17-18H. The quantitative estimate of drug-likeness (QED) is 0.696. The number of para-hydroxylation sites is 2. The van der Waals surface area contributed by atoms with Crippen molar-refractivity contribution in [1.82, 2.24) is 0 Å². The van der Waals surface area contributed by atoms with Crippen LogP contribution >= 0.6 is 7.60 Å². The number of rotatable bonds is 2. The van der Waals surface area contributed by atoms with Gasteiger partial charge in [0.15, 0.2) is 0 Å². The summed E-state index contributed by atoms with van der Waals surface area (Å²) in [5, 5.41) is 10.5. The van der Waals surface area contributed by atoms with Crippen molar-refractivity contribution in [3.8, 4) is 22.6 Å². The lowest BCUT2D eigenvalue weighted by Gasteiger charge is -2.21. The van der Waals surface area contributed by atoms with Gasteiger partial charge in [-0.25, -0.2) is 4.57 Å². The summed E-state index contributed by atoms with van der Waals surface area (Å²) in [6, 6.07) is 17.5. The van der Waals surface area contributed by atoms with E-state index in [1.165, 1.54) is 12.3 Å². The van der Waals surface area contributed by atoms with Gasteiger partial charge in [0.1, 0.15) is 17.3 Å². The van der Waals surface area contributed by atoms with Gasteiger partial charge in [0.05, 0.1) is 6.26 Å². The predicted octanol–water partition coefficient (Wildman–Crippen LogP) is 4.60. The highest BCUT2D eigenvalue weighted by molar-refractivity contribution is 7.54. The molecule has 0 amide bonds. The van der Waals surface area contributed by atoms with E-state index in [1.54, 1.807) is 30.3 Å². The Morgan fingerprint density at radius 2 is 1.39 bits per heavy atom. The maximum absolute atomic E-state index is 13.2. The van der Waals surface area contributed by atoms with Crippen LogP contribution in [0.4, 0.5) is 0 Å². The molecule has 2 heterocycles. The summed E-state index contributed by atoms with van der Waals surface area (Å²) in [5.74, 6) is -0.598. The second kappa shape index (κ2) is 5.30. The van der Waals surface area contributed by atoms with Gasteiger partial charge in [-0.15, -0.1) is 0 Å². The first-order valence-corrected chi connectivity index (χ1v) is 8.67. The molecule has 6 heteroatoms. The molecule has 1 aliphatic heterocycles. The van der Waals surface area contributed by atoms with E-state index >= 15 is 0 Å². The molecular formula is C17H13O5P. The second-order valence-electron chi connectivity index (χ2n) is 5.10. The third kappa shape index (κ3) is 2.34. The molecule has 23 heavy (non-hydrogen) atoms. The van der Waals surface area contributed by atoms with Crippen molar-refractivity contribution >= 4 is 7.60 Å². The lowest BCUT2D eigenvalue weighted by atomic mass is 10.0. The Labute approximate surface area is 132 Å². The summed E-state index contributed by atoms with van der Waals surface area (Å²) in [6.45, 7) is 0. The monoisotopic (exact) mass is 328 g/mol. The summed E-state index contributed by atoms with van der Waals surface area (Å²) in [6.07, 6.45) is 1.39. The van der Waals surface area contributed by atoms with Crippen molar-refractivity contribution < 1.29 is 23.1 Å². The average Bonchev–Trinajstić information content (AvgIpc) is 3.05. The minimum atomic E-state index is -3.94. The summed E-state index contributed by atoms with van der Waals surface area (Å²) < 4.78 is 29.6. The Morgan fingerprint density at radius 3 is 1.91 bits per heavy atom. The van der Waals surface area contributed by atoms with Crippen LogP contribution in [0.15, 0.2) is 71.3 Å². The van der Waals surface area contributed by atoms with E-state index in [1.807, 2.05) is 24.3 Å². The first kappa shape index (κ1) is 14.1. The molecule has 1 atom stereocenters. The molecule has 0 bridgehead atoms. The number of hydrogen-bond acceptors (Lipinski definition) is 5. The first-order chi connectivity index (χ1) is 11.2. The van der Waals surface area contributed by atoms with E-state index in [9.17, 15) is 9.67 Å². The lowest BCUT2D eigenvalue weighted by molar-refractivity contribution is 0.188. The number of hydrogen-bond donors (Lipinski definition) is 1. The van der Waals surface area contributed by atoms with Crippen LogP contribution < -0.4 is 9.05 Å². The van der Waals surface area contributed by atoms with Crippen LogP contribution in [0.5, 0.6) is 11.5 Å². The molecule has 0 radical (unpaired) electrons. The fraction of sp³-hybridized carbons (Fsp3) is 0.0588. The molecule has 1 aromatic heterocycles. The molecule has 0 saturated carbocycles. The largest absolute Gasteiger partial charge is 0.467 e. The Hall–Kier alpha value is -2.49. The van der Waals surface area contributed by atoms with Crippen LogP contribution in [-0.2, 0) is 4.57 Å². The van der Waals surface area contributed by atoms with Gasteiger partial charge >= 0.3 is 7.60 Å². The maximum Gasteiger partial charge on any atom is 0.467 e. The highest BCUT2D eigenvalue weighted by Crippen LogP contribution is 2.62. The van der Waals surface area contributed by atoms with Gasteiger partial charge < -0.3 is 18.6 Å². The van der Waals surface area contributed by atoms with E-state index < -0.39 is 13.4 Å². The lowest BCUT2D eigenvalue weighted by Crippen LogP contribution is -2.08. The van der Waals surface area contributed by atoms with E-state index in [0.29, 0.717) is 11.5 Å². The molecule has 1 unspecified atom stereocenters. The topological polar surface area (TPSA) is 68.9 Å². The van der Waals surface area contributed by atoms with Crippen molar-refractivity contribution in [3.05, 3.63) is 72.7 Å². The van der Waals surface area contributed by atoms with Crippen molar-refractivity contribution in [2.75, 3.05) is 0 Å². The Kier molecular flexibility index (Phi) is 3.26. The SMILES string of the molecule is O=P1(C(O)c2ccco2)Oc2ccccc2-c2ccccc2O1. The van der Waals surface area contributed by atoms with Gasteiger partial charge in [0, 0.05) is 11.1 Å². The van der Waals surface area contributed by atoms with Gasteiger partial charge in [-0.2, -0.15) is 0 Å². The van der Waals surface area contributed by atoms with Crippen molar-refractivity contribution in [2.45, 2.75) is 5.85 Å². The molecule has 2 aromatic carbocycles. The zero-order chi connectivity index (χ0) is 15.9. The summed E-state index contributed by atoms with van der Waals surface area (Å²) in [4.78, 5) is 0. The van der Waals surface area contributed by atoms with E-state index in [2.05, 4.69) is 0 Å². The van der Waals surface area contributed by atoms with Gasteiger partial charge in [0.25, 0.3) is 0 Å². The van der Waals surface area contributed by atoms with Gasteiger partial charge in [-0.3, -0.25) is 0 Å². The average molecular weight is 328 g/mol. The summed E-state index contributed by atoms with van der Waals surface area (Å²) in [7, 11) is -3.94. The minimum absolute atomic E-state index is 0.130. The van der Waals surface area contributed by atoms with E-state index in [4.69, 9.17) is 13.5 Å². The Morgan fingerprint density at radius 1 is 0.826 bits per heavy atom. The fourth-order valence-corrected chi connectivity index (χ4v) is 4.09. The Bertz CT molecular complexity index is 836. The second-order valence-corrected chi connectivity index (χ2v) is 7.04. The smallest absolute Gasteiger partial charge is 0.466 e. The van der Waals surface area contributed by atoms with Crippen LogP contribution in [0.3, 0.4) is 0 Å². The molecule has 116 valence electrons. The number of fused-ring (bicyclic) bond motifs is 3. The van der Waals surface area contributed by atoms with E-state index in [0.717, 1.165) is 11.1 Å². The third-order valence-corrected chi connectivity index (χ3v) is 5.37. The molecule has 3 aromatic rings. The zero-order valence-corrected chi connectivity index (χ0v) is 12.9. The molecule has 1 aliphatic rings. The Balaban J connectivity index is 1.89. The highest BCUT2D eigenvalue weighted by atomic mass is 31.2. The van der Waals surface area contributed by atoms with E-state index in [-0.39, 0.29) is 5.76 Å². The predicted molar refractivity (Wildman–Crippen MR) is 84.4 cm³/mol. The van der Waals surface area contributed by atoms with Crippen LogP contribution in [0.1, 0.15) is 11.6 Å². The van der Waals surface area contributed by atoms with Crippen molar-refractivity contribution in [3.63, 3.8) is 0 Å². The normalized spacial score (nSPS) is 16.2. The summed E-state index contributed by atoms with van der Waals surface area (Å²) in [5.41, 5.74) is 1.51. The zero-order valence-electron chi connectivity index (χ0n) is 12.0. The maximum atomic E-state index is 13.2.